The molecule has 2 unspecified atom stereocenters. The smallest absolute Gasteiger partial charge is 0.222 e. The SMILES string of the molecule is CCC(=O)N1C(C)CN(C(C)=O)CC1C. The van der Waals surface area contributed by atoms with Gasteiger partial charge in [0.15, 0.2) is 0 Å². The molecule has 4 nitrogen and oxygen atoms in total. The number of carbonyl (C=O) groups is 2. The number of nitrogens with zero attached hydrogens (tertiary/aromatic N) is 2. The molecule has 1 aliphatic heterocycles. The summed E-state index contributed by atoms with van der Waals surface area (Å²) in [6.07, 6.45) is 0.536. The van der Waals surface area contributed by atoms with Crippen molar-refractivity contribution in [3.8, 4) is 0 Å². The zero-order chi connectivity index (χ0) is 11.6. The first-order chi connectivity index (χ1) is 6.97. The number of hydrogen-bond acceptors (Lipinski definition) is 2. The average Bonchev–Trinajstić information content (AvgIpc) is 2.16. The van der Waals surface area contributed by atoms with Gasteiger partial charge in [-0.1, -0.05) is 6.92 Å². The van der Waals surface area contributed by atoms with Gasteiger partial charge in [-0.2, -0.15) is 0 Å². The molecule has 2 atom stereocenters. The molecule has 1 heterocycles. The molecule has 0 aromatic carbocycles. The van der Waals surface area contributed by atoms with E-state index in [1.807, 2.05) is 30.6 Å². The molecule has 1 aliphatic rings. The molecule has 0 aromatic rings. The summed E-state index contributed by atoms with van der Waals surface area (Å²) >= 11 is 0. The quantitative estimate of drug-likeness (QED) is 0.647. The zero-order valence-corrected chi connectivity index (χ0v) is 9.99. The van der Waals surface area contributed by atoms with Crippen LogP contribution in [-0.4, -0.2) is 46.8 Å². The van der Waals surface area contributed by atoms with Crippen LogP contribution >= 0.6 is 0 Å². The Kier molecular flexibility index (Phi) is 3.72. The third-order valence-electron chi connectivity index (χ3n) is 2.95. The predicted molar refractivity (Wildman–Crippen MR) is 58.3 cm³/mol. The predicted octanol–water partition coefficient (Wildman–Crippen LogP) is 0.864. The molecule has 15 heavy (non-hydrogen) atoms. The topological polar surface area (TPSA) is 40.6 Å². The summed E-state index contributed by atoms with van der Waals surface area (Å²) in [5.41, 5.74) is 0. The van der Waals surface area contributed by atoms with E-state index in [0.29, 0.717) is 19.5 Å². The number of amides is 2. The highest BCUT2D eigenvalue weighted by molar-refractivity contribution is 5.78. The third kappa shape index (κ3) is 2.49. The summed E-state index contributed by atoms with van der Waals surface area (Å²) in [6.45, 7) is 8.77. The number of rotatable bonds is 1. The molecule has 86 valence electrons. The van der Waals surface area contributed by atoms with Gasteiger partial charge in [-0.15, -0.1) is 0 Å². The Hall–Kier alpha value is -1.06. The molecular weight excluding hydrogens is 192 g/mol. The van der Waals surface area contributed by atoms with E-state index >= 15 is 0 Å². The lowest BCUT2D eigenvalue weighted by atomic mass is 10.1. The van der Waals surface area contributed by atoms with Crippen LogP contribution in [0.5, 0.6) is 0 Å². The Morgan fingerprint density at radius 2 is 1.67 bits per heavy atom. The van der Waals surface area contributed by atoms with E-state index < -0.39 is 0 Å². The van der Waals surface area contributed by atoms with Gasteiger partial charge in [0.25, 0.3) is 0 Å². The third-order valence-corrected chi connectivity index (χ3v) is 2.95. The van der Waals surface area contributed by atoms with Crippen molar-refractivity contribution in [1.82, 2.24) is 9.80 Å². The fourth-order valence-corrected chi connectivity index (χ4v) is 2.25. The fourth-order valence-electron chi connectivity index (χ4n) is 2.25. The van der Waals surface area contributed by atoms with E-state index in [1.165, 1.54) is 0 Å². The average molecular weight is 212 g/mol. The highest BCUT2D eigenvalue weighted by Crippen LogP contribution is 2.16. The Labute approximate surface area is 91.2 Å². The molecule has 0 aromatic heterocycles. The minimum atomic E-state index is 0.0947. The lowest BCUT2D eigenvalue weighted by molar-refractivity contribution is -0.144. The maximum absolute atomic E-state index is 11.7. The van der Waals surface area contributed by atoms with Gasteiger partial charge >= 0.3 is 0 Å². The van der Waals surface area contributed by atoms with E-state index in [0.717, 1.165) is 0 Å². The van der Waals surface area contributed by atoms with Gasteiger partial charge in [0.2, 0.25) is 11.8 Å². The monoisotopic (exact) mass is 212 g/mol. The largest absolute Gasteiger partial charge is 0.339 e. The lowest BCUT2D eigenvalue weighted by Crippen LogP contribution is -2.59. The van der Waals surface area contributed by atoms with Crippen molar-refractivity contribution in [2.45, 2.75) is 46.2 Å². The van der Waals surface area contributed by atoms with Crippen LogP contribution in [-0.2, 0) is 9.59 Å². The molecular formula is C11H20N2O2. The first kappa shape index (κ1) is 12.0. The van der Waals surface area contributed by atoms with Crippen LogP contribution in [0.1, 0.15) is 34.1 Å². The highest BCUT2D eigenvalue weighted by Gasteiger charge is 2.32. The normalized spacial score (nSPS) is 26.7. The van der Waals surface area contributed by atoms with Crippen molar-refractivity contribution in [2.75, 3.05) is 13.1 Å². The van der Waals surface area contributed by atoms with Crippen LogP contribution in [0, 0.1) is 0 Å². The van der Waals surface area contributed by atoms with E-state index in [4.69, 9.17) is 0 Å². The number of piperazine rings is 1. The first-order valence-electron chi connectivity index (χ1n) is 5.54. The van der Waals surface area contributed by atoms with E-state index in [-0.39, 0.29) is 23.9 Å². The van der Waals surface area contributed by atoms with Crippen molar-refractivity contribution in [1.29, 1.82) is 0 Å². The molecule has 0 spiro atoms. The first-order valence-corrected chi connectivity index (χ1v) is 5.54. The minimum absolute atomic E-state index is 0.0947. The number of carbonyl (C=O) groups excluding carboxylic acids is 2. The van der Waals surface area contributed by atoms with Crippen LogP contribution in [0.15, 0.2) is 0 Å². The van der Waals surface area contributed by atoms with Crippen LogP contribution in [0.25, 0.3) is 0 Å². The van der Waals surface area contributed by atoms with Gasteiger partial charge in [0.1, 0.15) is 0 Å². The van der Waals surface area contributed by atoms with Gasteiger partial charge in [0, 0.05) is 38.5 Å². The minimum Gasteiger partial charge on any atom is -0.339 e. The summed E-state index contributed by atoms with van der Waals surface area (Å²) in [4.78, 5) is 26.7. The van der Waals surface area contributed by atoms with E-state index in [9.17, 15) is 9.59 Å². The molecule has 0 saturated carbocycles. The van der Waals surface area contributed by atoms with Gasteiger partial charge in [-0.25, -0.2) is 0 Å². The van der Waals surface area contributed by atoms with Gasteiger partial charge in [-0.05, 0) is 13.8 Å². The maximum atomic E-state index is 11.7. The summed E-state index contributed by atoms with van der Waals surface area (Å²) < 4.78 is 0. The summed E-state index contributed by atoms with van der Waals surface area (Å²) in [5.74, 6) is 0.274. The Morgan fingerprint density at radius 3 is 2.00 bits per heavy atom. The van der Waals surface area contributed by atoms with Crippen molar-refractivity contribution in [2.24, 2.45) is 0 Å². The van der Waals surface area contributed by atoms with Crippen LogP contribution < -0.4 is 0 Å². The van der Waals surface area contributed by atoms with Crippen molar-refractivity contribution < 1.29 is 9.59 Å². The van der Waals surface area contributed by atoms with Gasteiger partial charge in [-0.3, -0.25) is 9.59 Å². The zero-order valence-electron chi connectivity index (χ0n) is 9.99. The summed E-state index contributed by atoms with van der Waals surface area (Å²) in [6, 6.07) is 0.259. The molecule has 2 amide bonds. The Bertz CT molecular complexity index is 253. The van der Waals surface area contributed by atoms with Crippen molar-refractivity contribution in [3.05, 3.63) is 0 Å². The maximum Gasteiger partial charge on any atom is 0.222 e. The van der Waals surface area contributed by atoms with Crippen LogP contribution in [0.4, 0.5) is 0 Å². The van der Waals surface area contributed by atoms with Gasteiger partial charge < -0.3 is 9.80 Å². The molecule has 4 heteroatoms. The lowest BCUT2D eigenvalue weighted by Gasteiger charge is -2.44. The Balaban J connectivity index is 2.72. The van der Waals surface area contributed by atoms with Crippen molar-refractivity contribution in [3.63, 3.8) is 0 Å². The summed E-state index contributed by atoms with van der Waals surface area (Å²) in [7, 11) is 0. The second-order valence-corrected chi connectivity index (χ2v) is 4.28. The van der Waals surface area contributed by atoms with E-state index in [2.05, 4.69) is 0 Å². The standard InChI is InChI=1S/C11H20N2O2/c1-5-11(15)13-8(2)6-12(10(4)14)7-9(13)3/h8-9H,5-7H2,1-4H3. The second kappa shape index (κ2) is 4.64. The molecule has 1 fully saturated rings. The molecule has 0 bridgehead atoms. The van der Waals surface area contributed by atoms with Crippen LogP contribution in [0.3, 0.4) is 0 Å². The molecule has 1 rings (SSSR count). The van der Waals surface area contributed by atoms with Crippen molar-refractivity contribution >= 4 is 11.8 Å². The molecule has 0 aliphatic carbocycles. The fraction of sp³-hybridized carbons (Fsp3) is 0.818. The number of hydrogen-bond donors (Lipinski definition) is 0. The molecule has 0 radical (unpaired) electrons. The second-order valence-electron chi connectivity index (χ2n) is 4.28. The Morgan fingerprint density at radius 1 is 1.20 bits per heavy atom. The molecule has 1 saturated heterocycles. The molecule has 0 N–H and O–H groups in total. The van der Waals surface area contributed by atoms with E-state index in [1.54, 1.807) is 6.92 Å². The van der Waals surface area contributed by atoms with Gasteiger partial charge in [0.05, 0.1) is 0 Å². The summed E-state index contributed by atoms with van der Waals surface area (Å²) in [5, 5.41) is 0. The van der Waals surface area contributed by atoms with Crippen LogP contribution in [0.2, 0.25) is 0 Å². The highest BCUT2D eigenvalue weighted by atomic mass is 16.2.